The smallest absolute Gasteiger partial charge is 0.213 e. The van der Waals surface area contributed by atoms with Gasteiger partial charge in [-0.25, -0.2) is 4.99 Å². The van der Waals surface area contributed by atoms with Crippen LogP contribution < -0.4 is 9.54 Å². The van der Waals surface area contributed by atoms with E-state index in [0.29, 0.717) is 0 Å². The Morgan fingerprint density at radius 1 is 1.15 bits per heavy atom. The van der Waals surface area contributed by atoms with E-state index >= 15 is 0 Å². The highest BCUT2D eigenvalue weighted by Crippen LogP contribution is 2.18. The van der Waals surface area contributed by atoms with E-state index in [1.165, 1.54) is 11.5 Å². The highest BCUT2D eigenvalue weighted by molar-refractivity contribution is 7.03. The van der Waals surface area contributed by atoms with Gasteiger partial charge in [0.05, 0.1) is 11.8 Å². The van der Waals surface area contributed by atoms with Gasteiger partial charge in [0.25, 0.3) is 0 Å². The molecule has 0 radical (unpaired) electrons. The van der Waals surface area contributed by atoms with E-state index in [-0.39, 0.29) is 6.10 Å². The minimum Gasteiger partial charge on any atom is -0.491 e. The summed E-state index contributed by atoms with van der Waals surface area (Å²) in [6, 6.07) is 13.7. The van der Waals surface area contributed by atoms with Gasteiger partial charge >= 0.3 is 0 Å². The van der Waals surface area contributed by atoms with Gasteiger partial charge in [0, 0.05) is 17.7 Å². The van der Waals surface area contributed by atoms with Crippen LogP contribution in [-0.4, -0.2) is 14.9 Å². The second-order valence-corrected chi connectivity index (χ2v) is 5.40. The van der Waals surface area contributed by atoms with E-state index in [9.17, 15) is 0 Å². The molecule has 0 saturated heterocycles. The van der Waals surface area contributed by atoms with Crippen molar-refractivity contribution >= 4 is 22.9 Å². The van der Waals surface area contributed by atoms with E-state index in [2.05, 4.69) is 9.37 Å². The van der Waals surface area contributed by atoms with Crippen LogP contribution in [0.15, 0.2) is 53.7 Å². The van der Waals surface area contributed by atoms with Crippen molar-refractivity contribution in [3.8, 4) is 5.75 Å². The van der Waals surface area contributed by atoms with Gasteiger partial charge in [0.15, 0.2) is 5.65 Å². The lowest BCUT2D eigenvalue weighted by atomic mass is 10.3. The van der Waals surface area contributed by atoms with Crippen molar-refractivity contribution < 1.29 is 4.74 Å². The molecule has 0 spiro atoms. The Kier molecular flexibility index (Phi) is 3.52. The Morgan fingerprint density at radius 3 is 2.70 bits per heavy atom. The van der Waals surface area contributed by atoms with Gasteiger partial charge < -0.3 is 4.74 Å². The Morgan fingerprint density at radius 2 is 1.95 bits per heavy atom. The van der Waals surface area contributed by atoms with E-state index < -0.39 is 0 Å². The third kappa shape index (κ3) is 2.72. The van der Waals surface area contributed by atoms with Crippen molar-refractivity contribution in [2.75, 3.05) is 0 Å². The lowest BCUT2D eigenvalue weighted by Crippen LogP contribution is -2.05. The second-order valence-electron chi connectivity index (χ2n) is 4.67. The first-order chi connectivity index (χ1) is 9.72. The molecule has 3 aromatic rings. The number of fused-ring (bicyclic) bond motifs is 1. The quantitative estimate of drug-likeness (QED) is 0.739. The predicted octanol–water partition coefficient (Wildman–Crippen LogP) is 3.42. The lowest BCUT2D eigenvalue weighted by molar-refractivity contribution is 0.242. The van der Waals surface area contributed by atoms with Crippen LogP contribution in [0, 0.1) is 0 Å². The molecule has 0 aliphatic heterocycles. The first-order valence-corrected chi connectivity index (χ1v) is 7.24. The summed E-state index contributed by atoms with van der Waals surface area (Å²) in [6.45, 7) is 4.02. The predicted molar refractivity (Wildman–Crippen MR) is 80.5 cm³/mol. The maximum absolute atomic E-state index is 5.62. The summed E-state index contributed by atoms with van der Waals surface area (Å²) >= 11 is 1.39. The molecule has 0 unspecified atom stereocenters. The fourth-order valence-electron chi connectivity index (χ4n) is 1.86. The van der Waals surface area contributed by atoms with Gasteiger partial charge in [-0.05, 0) is 50.2 Å². The van der Waals surface area contributed by atoms with Crippen LogP contribution in [0.5, 0.6) is 5.75 Å². The van der Waals surface area contributed by atoms with Crippen LogP contribution in [0.1, 0.15) is 13.8 Å². The SMILES string of the molecule is CC(C)Oc1ccc(/N=c2/snc3ccccn23)cc1. The summed E-state index contributed by atoms with van der Waals surface area (Å²) in [7, 11) is 0. The largest absolute Gasteiger partial charge is 0.491 e. The molecule has 0 aliphatic carbocycles. The lowest BCUT2D eigenvalue weighted by Gasteiger charge is -2.08. The van der Waals surface area contributed by atoms with Crippen LogP contribution in [0.25, 0.3) is 5.65 Å². The van der Waals surface area contributed by atoms with Crippen LogP contribution in [0.3, 0.4) is 0 Å². The number of nitrogens with zero attached hydrogens (tertiary/aromatic N) is 3. The van der Waals surface area contributed by atoms with Crippen molar-refractivity contribution in [3.63, 3.8) is 0 Å². The van der Waals surface area contributed by atoms with Gasteiger partial charge in [-0.15, -0.1) is 0 Å². The maximum atomic E-state index is 5.62. The van der Waals surface area contributed by atoms with Crippen LogP contribution in [-0.2, 0) is 0 Å². The molecule has 3 rings (SSSR count). The molecule has 4 nitrogen and oxygen atoms in total. The summed E-state index contributed by atoms with van der Waals surface area (Å²) < 4.78 is 12.0. The number of ether oxygens (including phenoxy) is 1. The molecule has 0 fully saturated rings. The Labute approximate surface area is 121 Å². The monoisotopic (exact) mass is 285 g/mol. The number of hydrogen-bond acceptors (Lipinski definition) is 4. The van der Waals surface area contributed by atoms with Gasteiger partial charge in [-0.3, -0.25) is 4.40 Å². The molecule has 20 heavy (non-hydrogen) atoms. The molecular weight excluding hydrogens is 270 g/mol. The van der Waals surface area contributed by atoms with E-state index in [1.54, 1.807) is 0 Å². The van der Waals surface area contributed by atoms with Gasteiger partial charge in [0.2, 0.25) is 4.80 Å². The fourth-order valence-corrected chi connectivity index (χ4v) is 2.57. The number of rotatable bonds is 3. The Hall–Kier alpha value is -2.14. The second kappa shape index (κ2) is 5.46. The standard InChI is InChI=1S/C15H15N3OS/c1-11(2)19-13-8-6-12(7-9-13)16-15-18-10-4-3-5-14(18)17-20-15/h3-11H,1-2H3/b16-15+. The third-order valence-corrected chi connectivity index (χ3v) is 3.43. The summed E-state index contributed by atoms with van der Waals surface area (Å²) in [5.41, 5.74) is 1.80. The average Bonchev–Trinajstić information content (AvgIpc) is 2.84. The molecule has 102 valence electrons. The van der Waals surface area contributed by atoms with Gasteiger partial charge in [-0.2, -0.15) is 4.37 Å². The topological polar surface area (TPSA) is 38.9 Å². The summed E-state index contributed by atoms with van der Waals surface area (Å²) in [5, 5.41) is 0. The van der Waals surface area contributed by atoms with Crippen molar-refractivity contribution in [3.05, 3.63) is 53.5 Å². The molecule has 0 bridgehead atoms. The molecule has 5 heteroatoms. The zero-order valence-corrected chi connectivity index (χ0v) is 12.2. The molecule has 0 saturated carbocycles. The number of aromatic nitrogens is 2. The van der Waals surface area contributed by atoms with E-state index in [1.807, 2.05) is 66.9 Å². The summed E-state index contributed by atoms with van der Waals surface area (Å²) in [4.78, 5) is 5.47. The Bertz CT molecular complexity index is 771. The van der Waals surface area contributed by atoms with Crippen LogP contribution in [0.4, 0.5) is 5.69 Å². The normalized spacial score (nSPS) is 12.2. The summed E-state index contributed by atoms with van der Waals surface area (Å²) in [6.07, 6.45) is 2.15. The highest BCUT2D eigenvalue weighted by atomic mass is 32.1. The average molecular weight is 285 g/mol. The summed E-state index contributed by atoms with van der Waals surface area (Å²) in [5.74, 6) is 0.862. The van der Waals surface area contributed by atoms with Crippen molar-refractivity contribution in [1.82, 2.24) is 8.77 Å². The zero-order chi connectivity index (χ0) is 13.9. The molecule has 0 aliphatic rings. The maximum Gasteiger partial charge on any atom is 0.213 e. The first-order valence-electron chi connectivity index (χ1n) is 6.47. The van der Waals surface area contributed by atoms with Crippen LogP contribution in [0.2, 0.25) is 0 Å². The van der Waals surface area contributed by atoms with Crippen molar-refractivity contribution in [2.45, 2.75) is 20.0 Å². The molecular formula is C15H15N3OS. The van der Waals surface area contributed by atoms with E-state index in [4.69, 9.17) is 4.74 Å². The number of hydrogen-bond donors (Lipinski definition) is 0. The van der Waals surface area contributed by atoms with E-state index in [0.717, 1.165) is 21.9 Å². The number of pyridine rings is 1. The zero-order valence-electron chi connectivity index (χ0n) is 11.4. The van der Waals surface area contributed by atoms with Crippen molar-refractivity contribution in [2.24, 2.45) is 4.99 Å². The van der Waals surface area contributed by atoms with Crippen LogP contribution >= 0.6 is 11.5 Å². The number of benzene rings is 1. The molecule has 2 heterocycles. The molecule has 0 atom stereocenters. The Balaban J connectivity index is 1.95. The highest BCUT2D eigenvalue weighted by Gasteiger charge is 1.99. The third-order valence-electron chi connectivity index (χ3n) is 2.70. The minimum atomic E-state index is 0.179. The first kappa shape index (κ1) is 12.9. The molecule has 0 amide bonds. The molecule has 2 aromatic heterocycles. The molecule has 0 N–H and O–H groups in total. The fraction of sp³-hybridized carbons (Fsp3) is 0.200. The van der Waals surface area contributed by atoms with Crippen molar-refractivity contribution in [1.29, 1.82) is 0 Å². The van der Waals surface area contributed by atoms with Gasteiger partial charge in [-0.1, -0.05) is 6.07 Å². The minimum absolute atomic E-state index is 0.179. The molecule has 1 aromatic carbocycles. The van der Waals surface area contributed by atoms with Gasteiger partial charge in [0.1, 0.15) is 5.75 Å².